The summed E-state index contributed by atoms with van der Waals surface area (Å²) in [5, 5.41) is 0. The van der Waals surface area contributed by atoms with E-state index in [2.05, 4.69) is 0 Å². The standard InChI is InChI=1S/C11H16O2/c12-11(7-2-1-3-7)9-6-8-4-5-10(9)13-8/h7-10H,1-6H2. The molecular weight excluding hydrogens is 164 g/mol. The Kier molecular flexibility index (Phi) is 1.72. The first-order chi connectivity index (χ1) is 6.34. The molecular formula is C11H16O2. The molecule has 0 aromatic rings. The van der Waals surface area contributed by atoms with Crippen LogP contribution in [0.25, 0.3) is 0 Å². The first-order valence-corrected chi connectivity index (χ1v) is 5.54. The van der Waals surface area contributed by atoms with Crippen LogP contribution in [0.4, 0.5) is 0 Å². The summed E-state index contributed by atoms with van der Waals surface area (Å²) in [7, 11) is 0. The molecule has 3 unspecified atom stereocenters. The van der Waals surface area contributed by atoms with Gasteiger partial charge in [0.25, 0.3) is 0 Å². The van der Waals surface area contributed by atoms with Crippen LogP contribution in [0.5, 0.6) is 0 Å². The fraction of sp³-hybridized carbons (Fsp3) is 0.909. The fourth-order valence-electron chi connectivity index (χ4n) is 2.93. The summed E-state index contributed by atoms with van der Waals surface area (Å²) in [5.41, 5.74) is 0. The van der Waals surface area contributed by atoms with Gasteiger partial charge in [-0.05, 0) is 32.1 Å². The van der Waals surface area contributed by atoms with Crippen LogP contribution in [-0.4, -0.2) is 18.0 Å². The Morgan fingerprint density at radius 1 is 1.15 bits per heavy atom. The van der Waals surface area contributed by atoms with E-state index in [1.54, 1.807) is 0 Å². The molecule has 1 saturated carbocycles. The monoisotopic (exact) mass is 180 g/mol. The number of ether oxygens (including phenoxy) is 1. The second-order valence-electron chi connectivity index (χ2n) is 4.75. The molecule has 0 aromatic carbocycles. The van der Waals surface area contributed by atoms with Gasteiger partial charge in [0.15, 0.2) is 0 Å². The van der Waals surface area contributed by atoms with E-state index in [1.807, 2.05) is 0 Å². The van der Waals surface area contributed by atoms with Gasteiger partial charge in [-0.3, -0.25) is 4.79 Å². The van der Waals surface area contributed by atoms with Crippen molar-refractivity contribution >= 4 is 5.78 Å². The average Bonchev–Trinajstić information content (AvgIpc) is 2.59. The Bertz CT molecular complexity index is 232. The first kappa shape index (κ1) is 7.98. The third-order valence-electron chi connectivity index (χ3n) is 3.98. The van der Waals surface area contributed by atoms with Crippen LogP contribution in [0.1, 0.15) is 38.5 Å². The highest BCUT2D eigenvalue weighted by atomic mass is 16.5. The summed E-state index contributed by atoms with van der Waals surface area (Å²) >= 11 is 0. The summed E-state index contributed by atoms with van der Waals surface area (Å²) in [6, 6.07) is 0. The quantitative estimate of drug-likeness (QED) is 0.649. The van der Waals surface area contributed by atoms with Gasteiger partial charge in [-0.15, -0.1) is 0 Å². The van der Waals surface area contributed by atoms with Gasteiger partial charge in [0.05, 0.1) is 12.2 Å². The van der Waals surface area contributed by atoms with Crippen LogP contribution in [0.2, 0.25) is 0 Å². The molecule has 3 aliphatic rings. The highest BCUT2D eigenvalue weighted by Crippen LogP contribution is 2.42. The number of Topliss-reactive ketones (excluding diaryl/α,β-unsaturated/α-hetero) is 1. The van der Waals surface area contributed by atoms with Crippen LogP contribution in [0.3, 0.4) is 0 Å². The minimum Gasteiger partial charge on any atom is -0.374 e. The molecule has 3 fully saturated rings. The lowest BCUT2D eigenvalue weighted by atomic mass is 9.74. The minimum atomic E-state index is 0.282. The summed E-state index contributed by atoms with van der Waals surface area (Å²) in [6.45, 7) is 0. The molecule has 1 aliphatic carbocycles. The average molecular weight is 180 g/mol. The zero-order chi connectivity index (χ0) is 8.84. The topological polar surface area (TPSA) is 26.3 Å². The van der Waals surface area contributed by atoms with Gasteiger partial charge in [-0.1, -0.05) is 6.42 Å². The van der Waals surface area contributed by atoms with E-state index in [0.29, 0.717) is 23.9 Å². The Hall–Kier alpha value is -0.370. The van der Waals surface area contributed by atoms with Gasteiger partial charge in [-0.2, -0.15) is 0 Å². The van der Waals surface area contributed by atoms with E-state index in [9.17, 15) is 4.79 Å². The van der Waals surface area contributed by atoms with Gasteiger partial charge < -0.3 is 4.74 Å². The summed E-state index contributed by atoms with van der Waals surface area (Å²) in [6.07, 6.45) is 7.64. The van der Waals surface area contributed by atoms with Gasteiger partial charge in [0, 0.05) is 11.8 Å². The molecule has 2 heterocycles. The predicted octanol–water partition coefficient (Wildman–Crippen LogP) is 1.92. The number of hydrogen-bond acceptors (Lipinski definition) is 2. The van der Waals surface area contributed by atoms with Crippen molar-refractivity contribution in [3.63, 3.8) is 0 Å². The Morgan fingerprint density at radius 2 is 2.00 bits per heavy atom. The SMILES string of the molecule is O=C(C1CCC1)C1CC2CCC1O2. The Labute approximate surface area is 78.6 Å². The van der Waals surface area contributed by atoms with E-state index in [-0.39, 0.29) is 5.92 Å². The van der Waals surface area contributed by atoms with Gasteiger partial charge in [-0.25, -0.2) is 0 Å². The molecule has 2 nitrogen and oxygen atoms in total. The van der Waals surface area contributed by atoms with Crippen LogP contribution in [-0.2, 0) is 9.53 Å². The van der Waals surface area contributed by atoms with Gasteiger partial charge in [0.1, 0.15) is 5.78 Å². The van der Waals surface area contributed by atoms with Crippen molar-refractivity contribution in [2.24, 2.45) is 11.8 Å². The molecule has 0 radical (unpaired) electrons. The van der Waals surface area contributed by atoms with Crippen molar-refractivity contribution in [2.45, 2.75) is 50.7 Å². The molecule has 13 heavy (non-hydrogen) atoms. The predicted molar refractivity (Wildman–Crippen MR) is 48.4 cm³/mol. The second kappa shape index (κ2) is 2.81. The first-order valence-electron chi connectivity index (χ1n) is 5.54. The third-order valence-corrected chi connectivity index (χ3v) is 3.98. The van der Waals surface area contributed by atoms with Crippen LogP contribution < -0.4 is 0 Å². The van der Waals surface area contributed by atoms with E-state index < -0.39 is 0 Å². The van der Waals surface area contributed by atoms with Crippen molar-refractivity contribution in [3.05, 3.63) is 0 Å². The maximum Gasteiger partial charge on any atom is 0.141 e. The summed E-state index contributed by atoms with van der Waals surface area (Å²) in [5.74, 6) is 1.22. The number of rotatable bonds is 2. The highest BCUT2D eigenvalue weighted by molar-refractivity contribution is 5.85. The lowest BCUT2D eigenvalue weighted by Gasteiger charge is -2.28. The third kappa shape index (κ3) is 1.15. The van der Waals surface area contributed by atoms with E-state index in [1.165, 1.54) is 12.8 Å². The minimum absolute atomic E-state index is 0.282. The Balaban J connectivity index is 1.68. The summed E-state index contributed by atoms with van der Waals surface area (Å²) < 4.78 is 5.70. The van der Waals surface area contributed by atoms with Crippen molar-refractivity contribution in [3.8, 4) is 0 Å². The largest absolute Gasteiger partial charge is 0.374 e. The molecule has 0 amide bonds. The number of carbonyl (C=O) groups is 1. The Morgan fingerprint density at radius 3 is 2.46 bits per heavy atom. The molecule has 2 bridgehead atoms. The van der Waals surface area contributed by atoms with Gasteiger partial charge >= 0.3 is 0 Å². The lowest BCUT2D eigenvalue weighted by Crippen LogP contribution is -2.33. The van der Waals surface area contributed by atoms with Gasteiger partial charge in [0.2, 0.25) is 0 Å². The summed E-state index contributed by atoms with van der Waals surface area (Å²) in [4.78, 5) is 11.9. The molecule has 0 spiro atoms. The maximum absolute atomic E-state index is 11.9. The molecule has 3 atom stereocenters. The fourth-order valence-corrected chi connectivity index (χ4v) is 2.93. The van der Waals surface area contributed by atoms with Crippen molar-refractivity contribution in [1.29, 1.82) is 0 Å². The van der Waals surface area contributed by atoms with Crippen molar-refractivity contribution < 1.29 is 9.53 Å². The van der Waals surface area contributed by atoms with Crippen LogP contribution >= 0.6 is 0 Å². The molecule has 2 aliphatic heterocycles. The highest BCUT2D eigenvalue weighted by Gasteiger charge is 2.46. The normalized spacial score (nSPS) is 43.5. The zero-order valence-corrected chi connectivity index (χ0v) is 7.87. The molecule has 3 rings (SSSR count). The lowest BCUT2D eigenvalue weighted by molar-refractivity contribution is -0.130. The second-order valence-corrected chi connectivity index (χ2v) is 4.75. The number of hydrogen-bond donors (Lipinski definition) is 0. The van der Waals surface area contributed by atoms with E-state index in [4.69, 9.17) is 4.74 Å². The van der Waals surface area contributed by atoms with Crippen LogP contribution in [0, 0.1) is 11.8 Å². The molecule has 2 saturated heterocycles. The van der Waals surface area contributed by atoms with Crippen molar-refractivity contribution in [1.82, 2.24) is 0 Å². The number of carbonyl (C=O) groups excluding carboxylic acids is 1. The molecule has 2 heteroatoms. The smallest absolute Gasteiger partial charge is 0.141 e. The number of fused-ring (bicyclic) bond motifs is 2. The van der Waals surface area contributed by atoms with E-state index in [0.717, 1.165) is 25.7 Å². The molecule has 72 valence electrons. The molecule has 0 aromatic heterocycles. The van der Waals surface area contributed by atoms with E-state index >= 15 is 0 Å². The maximum atomic E-state index is 11.9. The van der Waals surface area contributed by atoms with Crippen molar-refractivity contribution in [2.75, 3.05) is 0 Å². The molecule has 0 N–H and O–H groups in total. The van der Waals surface area contributed by atoms with Crippen LogP contribution in [0.15, 0.2) is 0 Å². The number of ketones is 1. The zero-order valence-electron chi connectivity index (χ0n) is 7.87.